The number of benzene rings is 2. The highest BCUT2D eigenvalue weighted by molar-refractivity contribution is 6.30. The van der Waals surface area contributed by atoms with Crippen LogP contribution in [0.4, 0.5) is 0 Å². The topological polar surface area (TPSA) is 67.9 Å². The molecule has 2 aromatic rings. The Morgan fingerprint density at radius 1 is 1.06 bits per heavy atom. The molecule has 0 heterocycles. The van der Waals surface area contributed by atoms with Gasteiger partial charge in [0.1, 0.15) is 17.5 Å². The Balaban J connectivity index is 2.21. The van der Waals surface area contributed by atoms with Crippen LogP contribution >= 0.6 is 11.6 Å². The van der Waals surface area contributed by atoms with Crippen molar-refractivity contribution in [2.75, 3.05) is 13.7 Å². The number of ether oxygens (including phenoxy) is 2. The van der Waals surface area contributed by atoms with E-state index in [0.29, 0.717) is 17.2 Å². The maximum absolute atomic E-state index is 13.2. The van der Waals surface area contributed by atoms with Crippen LogP contribution in [-0.2, 0) is 16.1 Å². The van der Waals surface area contributed by atoms with Crippen molar-refractivity contribution in [3.8, 4) is 11.5 Å². The van der Waals surface area contributed by atoms with E-state index in [1.807, 2.05) is 45.0 Å². The van der Waals surface area contributed by atoms with E-state index in [4.69, 9.17) is 21.1 Å². The first-order chi connectivity index (χ1) is 14.9. The monoisotopic (exact) mass is 446 g/mol. The fourth-order valence-corrected chi connectivity index (χ4v) is 3.25. The first-order valence-electron chi connectivity index (χ1n) is 10.5. The van der Waals surface area contributed by atoms with Gasteiger partial charge < -0.3 is 19.7 Å². The van der Waals surface area contributed by atoms with Gasteiger partial charge in [0.05, 0.1) is 7.11 Å². The summed E-state index contributed by atoms with van der Waals surface area (Å²) in [4.78, 5) is 27.6. The van der Waals surface area contributed by atoms with E-state index >= 15 is 0 Å². The summed E-state index contributed by atoms with van der Waals surface area (Å²) >= 11 is 5.99. The van der Waals surface area contributed by atoms with Gasteiger partial charge in [-0.25, -0.2) is 0 Å². The van der Waals surface area contributed by atoms with Gasteiger partial charge in [0, 0.05) is 17.6 Å². The Morgan fingerprint density at radius 2 is 1.77 bits per heavy atom. The summed E-state index contributed by atoms with van der Waals surface area (Å²) in [6, 6.07) is 13.7. The number of hydrogen-bond donors (Lipinski definition) is 1. The van der Waals surface area contributed by atoms with E-state index in [1.165, 1.54) is 0 Å². The molecule has 0 fully saturated rings. The fraction of sp³-hybridized carbons (Fsp3) is 0.417. The van der Waals surface area contributed by atoms with Crippen molar-refractivity contribution < 1.29 is 19.1 Å². The Kier molecular flexibility index (Phi) is 9.66. The lowest BCUT2D eigenvalue weighted by Crippen LogP contribution is -2.51. The maximum Gasteiger partial charge on any atom is 0.261 e. The molecule has 0 spiro atoms. The molecule has 2 amide bonds. The Labute approximate surface area is 189 Å². The van der Waals surface area contributed by atoms with E-state index in [9.17, 15) is 9.59 Å². The largest absolute Gasteiger partial charge is 0.497 e. The predicted octanol–water partition coefficient (Wildman–Crippen LogP) is 4.45. The molecule has 0 aliphatic heterocycles. The zero-order valence-electron chi connectivity index (χ0n) is 18.6. The highest BCUT2D eigenvalue weighted by Gasteiger charge is 2.29. The van der Waals surface area contributed by atoms with Gasteiger partial charge >= 0.3 is 0 Å². The third-order valence-electron chi connectivity index (χ3n) is 5.06. The molecule has 0 saturated heterocycles. The summed E-state index contributed by atoms with van der Waals surface area (Å²) in [5, 5.41) is 3.52. The molecule has 2 rings (SSSR count). The molecule has 0 aliphatic rings. The molecular formula is C24H31ClN2O4. The second-order valence-electron chi connectivity index (χ2n) is 7.36. The van der Waals surface area contributed by atoms with Crippen LogP contribution in [0.2, 0.25) is 5.02 Å². The Morgan fingerprint density at radius 3 is 2.35 bits per heavy atom. The average Bonchev–Trinajstić information content (AvgIpc) is 2.77. The number of rotatable bonds is 11. The van der Waals surface area contributed by atoms with E-state index < -0.39 is 6.04 Å². The second kappa shape index (κ2) is 12.2. The van der Waals surface area contributed by atoms with Gasteiger partial charge in [-0.1, -0.05) is 43.6 Å². The standard InChI is InChI=1S/C24H31ClN2O4/c1-5-17(3)26-24(29)22(6-2)27(15-18-10-12-20(30-4)13-11-18)23(28)16-31-21-9-7-8-19(25)14-21/h7-14,17,22H,5-6,15-16H2,1-4H3,(H,26,29)/t17-,22-/m1/s1. The lowest BCUT2D eigenvalue weighted by Gasteiger charge is -2.31. The van der Waals surface area contributed by atoms with Crippen molar-refractivity contribution in [1.82, 2.24) is 10.2 Å². The van der Waals surface area contributed by atoms with E-state index in [2.05, 4.69) is 5.32 Å². The second-order valence-corrected chi connectivity index (χ2v) is 7.79. The molecule has 31 heavy (non-hydrogen) atoms. The third kappa shape index (κ3) is 7.47. The number of carbonyl (C=O) groups is 2. The molecule has 0 radical (unpaired) electrons. The van der Waals surface area contributed by atoms with Crippen LogP contribution < -0.4 is 14.8 Å². The number of hydrogen-bond acceptors (Lipinski definition) is 4. The van der Waals surface area contributed by atoms with Gasteiger partial charge in [-0.3, -0.25) is 9.59 Å². The summed E-state index contributed by atoms with van der Waals surface area (Å²) in [5.74, 6) is 0.790. The quantitative estimate of drug-likeness (QED) is 0.553. The molecule has 0 unspecified atom stereocenters. The summed E-state index contributed by atoms with van der Waals surface area (Å²) in [6.07, 6.45) is 1.30. The highest BCUT2D eigenvalue weighted by Crippen LogP contribution is 2.19. The molecule has 168 valence electrons. The average molecular weight is 447 g/mol. The van der Waals surface area contributed by atoms with Gasteiger partial charge in [0.2, 0.25) is 5.91 Å². The Hall–Kier alpha value is -2.73. The van der Waals surface area contributed by atoms with Crippen molar-refractivity contribution in [3.63, 3.8) is 0 Å². The Bertz CT molecular complexity index is 857. The number of nitrogens with zero attached hydrogens (tertiary/aromatic N) is 1. The molecule has 2 atom stereocenters. The molecule has 1 N–H and O–H groups in total. The first kappa shape index (κ1) is 24.5. The summed E-state index contributed by atoms with van der Waals surface area (Å²) < 4.78 is 10.9. The lowest BCUT2D eigenvalue weighted by molar-refractivity contribution is -0.143. The molecule has 0 aromatic heterocycles. The van der Waals surface area contributed by atoms with Gasteiger partial charge in [-0.15, -0.1) is 0 Å². The summed E-state index contributed by atoms with van der Waals surface area (Å²) in [5.41, 5.74) is 0.895. The highest BCUT2D eigenvalue weighted by atomic mass is 35.5. The SMILES string of the molecule is CC[C@@H](C)NC(=O)[C@@H](CC)N(Cc1ccc(OC)cc1)C(=O)COc1cccc(Cl)c1. The van der Waals surface area contributed by atoms with Crippen molar-refractivity contribution in [3.05, 3.63) is 59.1 Å². The van der Waals surface area contributed by atoms with Gasteiger partial charge in [0.25, 0.3) is 5.91 Å². The van der Waals surface area contributed by atoms with Crippen molar-refractivity contribution >= 4 is 23.4 Å². The number of halogens is 1. The van der Waals surface area contributed by atoms with Crippen LogP contribution in [0.3, 0.4) is 0 Å². The summed E-state index contributed by atoms with van der Waals surface area (Å²) in [7, 11) is 1.60. The van der Waals surface area contributed by atoms with Crippen LogP contribution in [0.5, 0.6) is 11.5 Å². The zero-order valence-corrected chi connectivity index (χ0v) is 19.3. The number of methoxy groups -OCH3 is 1. The fourth-order valence-electron chi connectivity index (χ4n) is 3.07. The van der Waals surface area contributed by atoms with Gasteiger partial charge in [-0.2, -0.15) is 0 Å². The molecule has 7 heteroatoms. The number of nitrogens with one attached hydrogen (secondary N) is 1. The lowest BCUT2D eigenvalue weighted by atomic mass is 10.1. The normalized spacial score (nSPS) is 12.5. The number of carbonyl (C=O) groups excluding carboxylic acids is 2. The maximum atomic E-state index is 13.2. The minimum Gasteiger partial charge on any atom is -0.497 e. The molecular weight excluding hydrogens is 416 g/mol. The van der Waals surface area contributed by atoms with E-state index in [1.54, 1.807) is 36.3 Å². The molecule has 0 saturated carbocycles. The summed E-state index contributed by atoms with van der Waals surface area (Å²) in [6.45, 7) is 5.94. The minimum absolute atomic E-state index is 0.0298. The van der Waals surface area contributed by atoms with Crippen molar-refractivity contribution in [2.45, 2.75) is 52.2 Å². The van der Waals surface area contributed by atoms with Crippen molar-refractivity contribution in [2.24, 2.45) is 0 Å². The van der Waals surface area contributed by atoms with Crippen LogP contribution in [-0.4, -0.2) is 42.5 Å². The van der Waals surface area contributed by atoms with Gasteiger partial charge in [0.15, 0.2) is 6.61 Å². The van der Waals surface area contributed by atoms with Crippen LogP contribution in [0.1, 0.15) is 39.2 Å². The smallest absolute Gasteiger partial charge is 0.261 e. The minimum atomic E-state index is -0.605. The molecule has 0 aliphatic carbocycles. The van der Waals surface area contributed by atoms with E-state index in [0.717, 1.165) is 17.7 Å². The van der Waals surface area contributed by atoms with Crippen LogP contribution in [0.15, 0.2) is 48.5 Å². The first-order valence-corrected chi connectivity index (χ1v) is 10.9. The van der Waals surface area contributed by atoms with Crippen LogP contribution in [0, 0.1) is 0 Å². The predicted molar refractivity (Wildman–Crippen MR) is 122 cm³/mol. The van der Waals surface area contributed by atoms with Crippen LogP contribution in [0.25, 0.3) is 0 Å². The molecule has 6 nitrogen and oxygen atoms in total. The third-order valence-corrected chi connectivity index (χ3v) is 5.29. The number of amides is 2. The van der Waals surface area contributed by atoms with Gasteiger partial charge in [-0.05, 0) is 55.7 Å². The molecule has 0 bridgehead atoms. The van der Waals surface area contributed by atoms with E-state index in [-0.39, 0.29) is 31.0 Å². The van der Waals surface area contributed by atoms with Crippen molar-refractivity contribution in [1.29, 1.82) is 0 Å². The zero-order chi connectivity index (χ0) is 22.8. The molecule has 2 aromatic carbocycles.